The SMILES string of the molecule is CC[C@](C)(CCNC(=O)c1cc(C(C)=O)n[nH]1)c1ccccc1OC. The van der Waals surface area contributed by atoms with Crippen LogP contribution in [0.2, 0.25) is 0 Å². The maximum Gasteiger partial charge on any atom is 0.269 e. The molecule has 0 spiro atoms. The Hall–Kier alpha value is -2.63. The van der Waals surface area contributed by atoms with E-state index in [9.17, 15) is 9.59 Å². The van der Waals surface area contributed by atoms with Crippen molar-refractivity contribution in [1.82, 2.24) is 15.5 Å². The predicted octanol–water partition coefficient (Wildman–Crippen LogP) is 3.11. The summed E-state index contributed by atoms with van der Waals surface area (Å²) in [7, 11) is 1.67. The van der Waals surface area contributed by atoms with Gasteiger partial charge in [0.15, 0.2) is 5.78 Å². The number of aromatic amines is 1. The summed E-state index contributed by atoms with van der Waals surface area (Å²) in [5.74, 6) is 0.418. The molecule has 0 aliphatic rings. The van der Waals surface area contributed by atoms with Gasteiger partial charge in [-0.2, -0.15) is 5.10 Å². The lowest BCUT2D eigenvalue weighted by molar-refractivity contribution is 0.0945. The van der Waals surface area contributed by atoms with Crippen LogP contribution in [0.25, 0.3) is 0 Å². The molecule has 6 heteroatoms. The number of methoxy groups -OCH3 is 1. The van der Waals surface area contributed by atoms with Crippen LogP contribution in [0.4, 0.5) is 0 Å². The summed E-state index contributed by atoms with van der Waals surface area (Å²) >= 11 is 0. The van der Waals surface area contributed by atoms with E-state index in [4.69, 9.17) is 4.74 Å². The van der Waals surface area contributed by atoms with Gasteiger partial charge in [0.25, 0.3) is 5.91 Å². The van der Waals surface area contributed by atoms with Gasteiger partial charge in [-0.3, -0.25) is 14.7 Å². The van der Waals surface area contributed by atoms with Crippen LogP contribution in [0.1, 0.15) is 60.2 Å². The number of ketones is 1. The highest BCUT2D eigenvalue weighted by molar-refractivity contribution is 5.97. The van der Waals surface area contributed by atoms with Crippen LogP contribution in [0.15, 0.2) is 30.3 Å². The van der Waals surface area contributed by atoms with E-state index in [0.29, 0.717) is 12.2 Å². The third-order valence-electron chi connectivity index (χ3n) is 4.68. The third-order valence-corrected chi connectivity index (χ3v) is 4.68. The fraction of sp³-hybridized carbons (Fsp3) is 0.421. The molecule has 0 saturated heterocycles. The monoisotopic (exact) mass is 343 g/mol. The van der Waals surface area contributed by atoms with Gasteiger partial charge in [-0.25, -0.2) is 0 Å². The Kier molecular flexibility index (Phi) is 5.96. The molecule has 25 heavy (non-hydrogen) atoms. The van der Waals surface area contributed by atoms with E-state index < -0.39 is 0 Å². The Bertz CT molecular complexity index is 754. The third kappa shape index (κ3) is 4.26. The molecule has 1 atom stereocenters. The van der Waals surface area contributed by atoms with Crippen LogP contribution in [0.3, 0.4) is 0 Å². The molecular formula is C19H25N3O3. The molecule has 0 fully saturated rings. The van der Waals surface area contributed by atoms with E-state index in [2.05, 4.69) is 35.4 Å². The summed E-state index contributed by atoms with van der Waals surface area (Å²) in [6, 6.07) is 9.44. The fourth-order valence-corrected chi connectivity index (χ4v) is 2.81. The van der Waals surface area contributed by atoms with Crippen molar-refractivity contribution in [2.45, 2.75) is 39.0 Å². The minimum absolute atomic E-state index is 0.113. The van der Waals surface area contributed by atoms with Gasteiger partial charge in [0.05, 0.1) is 7.11 Å². The molecule has 0 unspecified atom stereocenters. The normalized spacial score (nSPS) is 13.1. The van der Waals surface area contributed by atoms with Gasteiger partial charge < -0.3 is 10.1 Å². The number of carbonyl (C=O) groups excluding carboxylic acids is 2. The molecule has 0 saturated carbocycles. The minimum Gasteiger partial charge on any atom is -0.496 e. The van der Waals surface area contributed by atoms with Crippen LogP contribution in [-0.4, -0.2) is 35.5 Å². The van der Waals surface area contributed by atoms with Gasteiger partial charge in [0.2, 0.25) is 0 Å². The van der Waals surface area contributed by atoms with Gasteiger partial charge in [-0.05, 0) is 30.4 Å². The number of aromatic nitrogens is 2. The van der Waals surface area contributed by atoms with E-state index in [1.165, 1.54) is 13.0 Å². The maximum absolute atomic E-state index is 12.2. The summed E-state index contributed by atoms with van der Waals surface area (Å²) < 4.78 is 5.48. The molecule has 1 aromatic heterocycles. The number of hydrogen-bond donors (Lipinski definition) is 2. The topological polar surface area (TPSA) is 84.1 Å². The molecular weight excluding hydrogens is 318 g/mol. The zero-order chi connectivity index (χ0) is 18.4. The molecule has 0 radical (unpaired) electrons. The second-order valence-corrected chi connectivity index (χ2v) is 6.34. The largest absolute Gasteiger partial charge is 0.496 e. The number of carbonyl (C=O) groups is 2. The number of H-pyrrole nitrogens is 1. The van der Waals surface area contributed by atoms with Crippen molar-refractivity contribution in [3.05, 3.63) is 47.3 Å². The first-order valence-corrected chi connectivity index (χ1v) is 8.39. The van der Waals surface area contributed by atoms with Crippen LogP contribution in [0.5, 0.6) is 5.75 Å². The van der Waals surface area contributed by atoms with E-state index >= 15 is 0 Å². The highest BCUT2D eigenvalue weighted by Gasteiger charge is 2.27. The number of para-hydroxylation sites is 1. The Morgan fingerprint density at radius 3 is 2.64 bits per heavy atom. The zero-order valence-corrected chi connectivity index (χ0v) is 15.2. The number of ether oxygens (including phenoxy) is 1. The molecule has 6 nitrogen and oxygen atoms in total. The lowest BCUT2D eigenvalue weighted by Gasteiger charge is -2.30. The molecule has 0 aliphatic carbocycles. The van der Waals surface area contributed by atoms with Crippen molar-refractivity contribution in [3.8, 4) is 5.75 Å². The molecule has 1 aromatic carbocycles. The molecule has 2 rings (SSSR count). The molecule has 0 bridgehead atoms. The summed E-state index contributed by atoms with van der Waals surface area (Å²) in [5.41, 5.74) is 1.58. The Morgan fingerprint density at radius 1 is 1.32 bits per heavy atom. The van der Waals surface area contributed by atoms with Gasteiger partial charge in [0, 0.05) is 19.0 Å². The molecule has 1 amide bonds. The summed E-state index contributed by atoms with van der Waals surface area (Å²) in [4.78, 5) is 23.5. The zero-order valence-electron chi connectivity index (χ0n) is 15.2. The highest BCUT2D eigenvalue weighted by Crippen LogP contribution is 2.36. The van der Waals surface area contributed by atoms with Crippen LogP contribution in [-0.2, 0) is 5.41 Å². The number of Topliss-reactive ketones (excluding diaryl/α,β-unsaturated/α-hetero) is 1. The van der Waals surface area contributed by atoms with Crippen LogP contribution < -0.4 is 10.1 Å². The van der Waals surface area contributed by atoms with Crippen molar-refractivity contribution in [2.24, 2.45) is 0 Å². The van der Waals surface area contributed by atoms with E-state index in [-0.39, 0.29) is 22.8 Å². The predicted molar refractivity (Wildman–Crippen MR) is 96.2 cm³/mol. The number of benzene rings is 1. The van der Waals surface area contributed by atoms with Gasteiger partial charge in [-0.1, -0.05) is 32.0 Å². The van der Waals surface area contributed by atoms with Gasteiger partial charge >= 0.3 is 0 Å². The molecule has 134 valence electrons. The van der Waals surface area contributed by atoms with Crippen molar-refractivity contribution in [1.29, 1.82) is 0 Å². The summed E-state index contributed by atoms with van der Waals surface area (Å²) in [5, 5.41) is 9.31. The number of nitrogens with zero attached hydrogens (tertiary/aromatic N) is 1. The van der Waals surface area contributed by atoms with Crippen molar-refractivity contribution >= 4 is 11.7 Å². The fourth-order valence-electron chi connectivity index (χ4n) is 2.81. The molecule has 1 heterocycles. The summed E-state index contributed by atoms with van der Waals surface area (Å²) in [6.45, 7) is 6.22. The first kappa shape index (κ1) is 18.7. The molecule has 2 aromatic rings. The van der Waals surface area contributed by atoms with Crippen LogP contribution >= 0.6 is 0 Å². The van der Waals surface area contributed by atoms with E-state index in [0.717, 1.165) is 24.2 Å². The quantitative estimate of drug-likeness (QED) is 0.721. The molecule has 0 aliphatic heterocycles. The second kappa shape index (κ2) is 7.96. The number of rotatable bonds is 8. The lowest BCUT2D eigenvalue weighted by atomic mass is 9.77. The Balaban J connectivity index is 2.02. The average molecular weight is 343 g/mol. The number of nitrogens with one attached hydrogen (secondary N) is 2. The number of hydrogen-bond acceptors (Lipinski definition) is 4. The molecule has 2 N–H and O–H groups in total. The highest BCUT2D eigenvalue weighted by atomic mass is 16.5. The van der Waals surface area contributed by atoms with Gasteiger partial charge in [-0.15, -0.1) is 0 Å². The van der Waals surface area contributed by atoms with Crippen molar-refractivity contribution < 1.29 is 14.3 Å². The smallest absolute Gasteiger partial charge is 0.269 e. The lowest BCUT2D eigenvalue weighted by Crippen LogP contribution is -2.31. The van der Waals surface area contributed by atoms with Crippen molar-refractivity contribution in [2.75, 3.05) is 13.7 Å². The standard InChI is InChI=1S/C19H25N3O3/c1-5-19(3,14-8-6-7-9-17(14)25-4)10-11-20-18(24)16-12-15(13(2)23)21-22-16/h6-9,12H,5,10-11H2,1-4H3,(H,20,24)(H,21,22)/t19-/m1/s1. The Labute approximate surface area is 148 Å². The second-order valence-electron chi connectivity index (χ2n) is 6.34. The van der Waals surface area contributed by atoms with E-state index in [1.54, 1.807) is 7.11 Å². The Morgan fingerprint density at radius 2 is 2.04 bits per heavy atom. The van der Waals surface area contributed by atoms with Crippen molar-refractivity contribution in [3.63, 3.8) is 0 Å². The van der Waals surface area contributed by atoms with Gasteiger partial charge in [0.1, 0.15) is 17.1 Å². The first-order valence-electron chi connectivity index (χ1n) is 8.39. The first-order chi connectivity index (χ1) is 11.9. The average Bonchev–Trinajstić information content (AvgIpc) is 3.12. The van der Waals surface area contributed by atoms with Crippen LogP contribution in [0, 0.1) is 0 Å². The summed E-state index contributed by atoms with van der Waals surface area (Å²) in [6.07, 6.45) is 1.69. The minimum atomic E-state index is -0.265. The van der Waals surface area contributed by atoms with E-state index in [1.807, 2.05) is 18.2 Å². The number of amides is 1. The maximum atomic E-state index is 12.2.